The maximum absolute atomic E-state index is 5.49. The molecule has 0 aliphatic heterocycles. The molecule has 1 aliphatic carbocycles. The van der Waals surface area contributed by atoms with Crippen LogP contribution < -0.4 is 5.73 Å². The van der Waals surface area contributed by atoms with Gasteiger partial charge in [-0.2, -0.15) is 0 Å². The van der Waals surface area contributed by atoms with Crippen molar-refractivity contribution in [2.75, 3.05) is 6.54 Å². The summed E-state index contributed by atoms with van der Waals surface area (Å²) in [6.07, 6.45) is 4.48. The second kappa shape index (κ2) is 3.11. The molecule has 2 rings (SSSR count). The van der Waals surface area contributed by atoms with E-state index in [0.717, 1.165) is 6.42 Å². The Balaban J connectivity index is 2.43. The van der Waals surface area contributed by atoms with E-state index in [1.165, 1.54) is 23.1 Å². The zero-order valence-electron chi connectivity index (χ0n) is 7.09. The number of benzene rings is 1. The van der Waals surface area contributed by atoms with Gasteiger partial charge in [0.2, 0.25) is 0 Å². The first-order valence-electron chi connectivity index (χ1n) is 4.39. The SMILES string of the molecule is NC/C=C1/CCc2ccccc21. The normalized spacial score (nSPS) is 18.2. The minimum absolute atomic E-state index is 0.656. The van der Waals surface area contributed by atoms with Crippen LogP contribution in [0, 0.1) is 0 Å². The fraction of sp³-hybridized carbons (Fsp3) is 0.273. The highest BCUT2D eigenvalue weighted by molar-refractivity contribution is 5.72. The zero-order valence-corrected chi connectivity index (χ0v) is 7.09. The molecular formula is C11H13N. The number of nitrogens with two attached hydrogens (primary N) is 1. The smallest absolute Gasteiger partial charge is 0.0112 e. The van der Waals surface area contributed by atoms with E-state index in [9.17, 15) is 0 Å². The Kier molecular flexibility index (Phi) is 1.96. The summed E-state index contributed by atoms with van der Waals surface area (Å²) in [6, 6.07) is 8.58. The van der Waals surface area contributed by atoms with Gasteiger partial charge in [-0.3, -0.25) is 0 Å². The second-order valence-corrected chi connectivity index (χ2v) is 3.12. The number of aryl methyl sites for hydroxylation is 1. The Morgan fingerprint density at radius 3 is 2.92 bits per heavy atom. The Bertz CT molecular complexity index is 313. The summed E-state index contributed by atoms with van der Waals surface area (Å²) in [5, 5.41) is 0. The minimum Gasteiger partial charge on any atom is -0.327 e. The number of hydrogen-bond donors (Lipinski definition) is 1. The molecule has 0 radical (unpaired) electrons. The van der Waals surface area contributed by atoms with E-state index in [4.69, 9.17) is 5.73 Å². The maximum atomic E-state index is 5.49. The van der Waals surface area contributed by atoms with Crippen LogP contribution in [0.4, 0.5) is 0 Å². The van der Waals surface area contributed by atoms with E-state index in [1.807, 2.05) is 0 Å². The molecular weight excluding hydrogens is 146 g/mol. The van der Waals surface area contributed by atoms with Gasteiger partial charge >= 0.3 is 0 Å². The van der Waals surface area contributed by atoms with Crippen LogP contribution in [0.1, 0.15) is 17.5 Å². The fourth-order valence-electron chi connectivity index (χ4n) is 1.81. The molecule has 0 saturated carbocycles. The van der Waals surface area contributed by atoms with E-state index in [-0.39, 0.29) is 0 Å². The van der Waals surface area contributed by atoms with Crippen molar-refractivity contribution in [1.29, 1.82) is 0 Å². The van der Waals surface area contributed by atoms with E-state index in [2.05, 4.69) is 30.3 Å². The third-order valence-corrected chi connectivity index (χ3v) is 2.39. The molecule has 0 fully saturated rings. The molecule has 1 aromatic carbocycles. The van der Waals surface area contributed by atoms with Gasteiger partial charge in [0.1, 0.15) is 0 Å². The molecule has 0 unspecified atom stereocenters. The summed E-state index contributed by atoms with van der Waals surface area (Å²) in [4.78, 5) is 0. The van der Waals surface area contributed by atoms with Crippen LogP contribution in [0.3, 0.4) is 0 Å². The number of fused-ring (bicyclic) bond motifs is 1. The summed E-state index contributed by atoms with van der Waals surface area (Å²) < 4.78 is 0. The standard InChI is InChI=1S/C11H13N/c12-8-7-10-6-5-9-3-1-2-4-11(9)10/h1-4,7H,5-6,8,12H2/b10-7-. The lowest BCUT2D eigenvalue weighted by atomic mass is 10.1. The Morgan fingerprint density at radius 2 is 2.08 bits per heavy atom. The van der Waals surface area contributed by atoms with Gasteiger partial charge in [0, 0.05) is 6.54 Å². The molecule has 1 aromatic rings. The highest BCUT2D eigenvalue weighted by Gasteiger charge is 2.13. The predicted octanol–water partition coefficient (Wildman–Crippen LogP) is 1.97. The monoisotopic (exact) mass is 159 g/mol. The first kappa shape index (κ1) is 7.56. The highest BCUT2D eigenvalue weighted by atomic mass is 14.5. The number of rotatable bonds is 1. The highest BCUT2D eigenvalue weighted by Crippen LogP contribution is 2.31. The second-order valence-electron chi connectivity index (χ2n) is 3.12. The summed E-state index contributed by atoms with van der Waals surface area (Å²) in [5.74, 6) is 0. The largest absolute Gasteiger partial charge is 0.327 e. The van der Waals surface area contributed by atoms with Crippen molar-refractivity contribution in [3.63, 3.8) is 0 Å². The predicted molar refractivity (Wildman–Crippen MR) is 51.8 cm³/mol. The summed E-state index contributed by atoms with van der Waals surface area (Å²) in [7, 11) is 0. The van der Waals surface area contributed by atoms with Crippen molar-refractivity contribution in [3.8, 4) is 0 Å². The van der Waals surface area contributed by atoms with Gasteiger partial charge in [0.25, 0.3) is 0 Å². The molecule has 62 valence electrons. The molecule has 0 amide bonds. The molecule has 2 N–H and O–H groups in total. The van der Waals surface area contributed by atoms with Crippen molar-refractivity contribution >= 4 is 5.57 Å². The number of hydrogen-bond acceptors (Lipinski definition) is 1. The molecule has 0 spiro atoms. The van der Waals surface area contributed by atoms with E-state index < -0.39 is 0 Å². The molecule has 0 saturated heterocycles. The Morgan fingerprint density at radius 1 is 1.25 bits per heavy atom. The first-order chi connectivity index (χ1) is 5.92. The lowest BCUT2D eigenvalue weighted by Gasteiger charge is -1.98. The van der Waals surface area contributed by atoms with Crippen LogP contribution in [0.15, 0.2) is 30.3 Å². The number of allylic oxidation sites excluding steroid dienone is 1. The van der Waals surface area contributed by atoms with Crippen LogP contribution in [0.25, 0.3) is 5.57 Å². The van der Waals surface area contributed by atoms with Crippen molar-refractivity contribution in [3.05, 3.63) is 41.5 Å². The minimum atomic E-state index is 0.656. The summed E-state index contributed by atoms with van der Waals surface area (Å²) in [6.45, 7) is 0.656. The van der Waals surface area contributed by atoms with Gasteiger partial charge in [-0.15, -0.1) is 0 Å². The molecule has 0 atom stereocenters. The molecule has 1 heteroatoms. The van der Waals surface area contributed by atoms with Gasteiger partial charge < -0.3 is 5.73 Å². The third kappa shape index (κ3) is 1.16. The van der Waals surface area contributed by atoms with Gasteiger partial charge in [-0.25, -0.2) is 0 Å². The van der Waals surface area contributed by atoms with Crippen molar-refractivity contribution in [1.82, 2.24) is 0 Å². The molecule has 12 heavy (non-hydrogen) atoms. The molecule has 0 bridgehead atoms. The average molecular weight is 159 g/mol. The Hall–Kier alpha value is -1.08. The van der Waals surface area contributed by atoms with Crippen LogP contribution >= 0.6 is 0 Å². The average Bonchev–Trinajstić information content (AvgIpc) is 2.50. The van der Waals surface area contributed by atoms with Gasteiger partial charge in [0.05, 0.1) is 0 Å². The van der Waals surface area contributed by atoms with Crippen LogP contribution in [-0.4, -0.2) is 6.54 Å². The van der Waals surface area contributed by atoms with Crippen molar-refractivity contribution in [2.45, 2.75) is 12.8 Å². The summed E-state index contributed by atoms with van der Waals surface area (Å²) >= 11 is 0. The van der Waals surface area contributed by atoms with Crippen LogP contribution in [0.2, 0.25) is 0 Å². The van der Waals surface area contributed by atoms with Gasteiger partial charge in [-0.1, -0.05) is 30.3 Å². The molecule has 1 aliphatic rings. The van der Waals surface area contributed by atoms with E-state index >= 15 is 0 Å². The fourth-order valence-corrected chi connectivity index (χ4v) is 1.81. The van der Waals surface area contributed by atoms with Crippen LogP contribution in [-0.2, 0) is 6.42 Å². The van der Waals surface area contributed by atoms with E-state index in [1.54, 1.807) is 0 Å². The van der Waals surface area contributed by atoms with Gasteiger partial charge in [0.15, 0.2) is 0 Å². The van der Waals surface area contributed by atoms with Crippen molar-refractivity contribution < 1.29 is 0 Å². The quantitative estimate of drug-likeness (QED) is 0.666. The first-order valence-corrected chi connectivity index (χ1v) is 4.39. The zero-order chi connectivity index (χ0) is 8.39. The lowest BCUT2D eigenvalue weighted by Crippen LogP contribution is -1.94. The maximum Gasteiger partial charge on any atom is 0.0112 e. The molecule has 1 nitrogen and oxygen atoms in total. The van der Waals surface area contributed by atoms with Crippen molar-refractivity contribution in [2.24, 2.45) is 5.73 Å². The van der Waals surface area contributed by atoms with Crippen LogP contribution in [0.5, 0.6) is 0 Å². The third-order valence-electron chi connectivity index (χ3n) is 2.39. The lowest BCUT2D eigenvalue weighted by molar-refractivity contribution is 1.08. The topological polar surface area (TPSA) is 26.0 Å². The van der Waals surface area contributed by atoms with E-state index in [0.29, 0.717) is 6.54 Å². The Labute approximate surface area is 72.9 Å². The molecule has 0 aromatic heterocycles. The molecule has 0 heterocycles. The van der Waals surface area contributed by atoms with Gasteiger partial charge in [-0.05, 0) is 29.5 Å². The summed E-state index contributed by atoms with van der Waals surface area (Å²) in [5.41, 5.74) is 9.79.